The fourth-order valence-electron chi connectivity index (χ4n) is 1.78. The van der Waals surface area contributed by atoms with E-state index in [1.54, 1.807) is 6.08 Å². The van der Waals surface area contributed by atoms with Crippen LogP contribution < -0.4 is 10.6 Å². The minimum Gasteiger partial charge on any atom is -0.384 e. The van der Waals surface area contributed by atoms with E-state index < -0.39 is 0 Å². The SMILES string of the molecule is C/C(=C/C(=O)Nc1ccccc1)NCc1ccccc1. The first-order chi connectivity index (χ1) is 9.74. The van der Waals surface area contributed by atoms with Gasteiger partial charge in [-0.25, -0.2) is 0 Å². The fraction of sp³-hybridized carbons (Fsp3) is 0.118. The molecule has 0 radical (unpaired) electrons. The van der Waals surface area contributed by atoms with Gasteiger partial charge in [-0.15, -0.1) is 0 Å². The van der Waals surface area contributed by atoms with Crippen LogP contribution in [-0.2, 0) is 11.3 Å². The number of para-hydroxylation sites is 1. The zero-order valence-electron chi connectivity index (χ0n) is 11.5. The van der Waals surface area contributed by atoms with Crippen molar-refractivity contribution in [3.63, 3.8) is 0 Å². The molecule has 3 heteroatoms. The molecule has 0 spiro atoms. The molecular weight excluding hydrogens is 248 g/mol. The Morgan fingerprint density at radius 3 is 2.25 bits per heavy atom. The molecule has 2 aromatic rings. The van der Waals surface area contributed by atoms with Gasteiger partial charge < -0.3 is 10.6 Å². The van der Waals surface area contributed by atoms with E-state index in [9.17, 15) is 4.79 Å². The summed E-state index contributed by atoms with van der Waals surface area (Å²) >= 11 is 0. The van der Waals surface area contributed by atoms with Crippen LogP contribution in [0.5, 0.6) is 0 Å². The lowest BCUT2D eigenvalue weighted by molar-refractivity contribution is -0.112. The van der Waals surface area contributed by atoms with Crippen molar-refractivity contribution < 1.29 is 4.79 Å². The van der Waals surface area contributed by atoms with Gasteiger partial charge >= 0.3 is 0 Å². The molecular formula is C17H18N2O. The Kier molecular flexibility index (Phi) is 4.95. The molecule has 2 rings (SSSR count). The molecule has 0 aliphatic rings. The van der Waals surface area contributed by atoms with Crippen LogP contribution in [-0.4, -0.2) is 5.91 Å². The first kappa shape index (κ1) is 13.9. The molecule has 2 N–H and O–H groups in total. The lowest BCUT2D eigenvalue weighted by Crippen LogP contribution is -2.15. The Hall–Kier alpha value is -2.55. The number of allylic oxidation sites excluding steroid dienone is 1. The molecule has 0 aliphatic carbocycles. The number of carbonyl (C=O) groups excluding carboxylic acids is 1. The summed E-state index contributed by atoms with van der Waals surface area (Å²) in [5.74, 6) is -0.130. The molecule has 3 nitrogen and oxygen atoms in total. The molecule has 0 aliphatic heterocycles. The summed E-state index contributed by atoms with van der Waals surface area (Å²) in [6.07, 6.45) is 1.57. The third-order valence-corrected chi connectivity index (χ3v) is 2.80. The second-order valence-corrected chi connectivity index (χ2v) is 4.52. The Morgan fingerprint density at radius 1 is 1.00 bits per heavy atom. The average Bonchev–Trinajstić information content (AvgIpc) is 2.47. The highest BCUT2D eigenvalue weighted by molar-refractivity contribution is 5.99. The molecule has 0 bridgehead atoms. The van der Waals surface area contributed by atoms with Gasteiger partial charge in [-0.05, 0) is 24.6 Å². The lowest BCUT2D eigenvalue weighted by atomic mass is 10.2. The van der Waals surface area contributed by atoms with Crippen LogP contribution >= 0.6 is 0 Å². The molecule has 0 saturated carbocycles. The van der Waals surface area contributed by atoms with Gasteiger partial charge in [0.1, 0.15) is 0 Å². The highest BCUT2D eigenvalue weighted by Crippen LogP contribution is 2.05. The second-order valence-electron chi connectivity index (χ2n) is 4.52. The summed E-state index contributed by atoms with van der Waals surface area (Å²) in [7, 11) is 0. The first-order valence-corrected chi connectivity index (χ1v) is 6.56. The van der Waals surface area contributed by atoms with Crippen molar-refractivity contribution in [1.29, 1.82) is 0 Å². The van der Waals surface area contributed by atoms with Crippen LogP contribution in [0.4, 0.5) is 5.69 Å². The summed E-state index contributed by atoms with van der Waals surface area (Å²) in [5, 5.41) is 6.03. The van der Waals surface area contributed by atoms with E-state index in [4.69, 9.17) is 0 Å². The normalized spacial score (nSPS) is 10.9. The number of carbonyl (C=O) groups is 1. The van der Waals surface area contributed by atoms with Crippen molar-refractivity contribution in [3.05, 3.63) is 78.0 Å². The van der Waals surface area contributed by atoms with E-state index in [0.29, 0.717) is 6.54 Å². The molecule has 0 unspecified atom stereocenters. The number of hydrogen-bond donors (Lipinski definition) is 2. The highest BCUT2D eigenvalue weighted by atomic mass is 16.1. The Morgan fingerprint density at radius 2 is 1.60 bits per heavy atom. The standard InChI is InChI=1S/C17H18N2O/c1-14(18-13-15-8-4-2-5-9-15)12-17(20)19-16-10-6-3-7-11-16/h2-12,18H,13H2,1H3,(H,19,20)/b14-12-. The van der Waals surface area contributed by atoms with E-state index in [1.165, 1.54) is 5.56 Å². The van der Waals surface area contributed by atoms with Crippen LogP contribution in [0.25, 0.3) is 0 Å². The van der Waals surface area contributed by atoms with Crippen LogP contribution in [0.2, 0.25) is 0 Å². The third kappa shape index (κ3) is 4.61. The van der Waals surface area contributed by atoms with Crippen molar-refractivity contribution in [2.75, 3.05) is 5.32 Å². The third-order valence-electron chi connectivity index (χ3n) is 2.80. The lowest BCUT2D eigenvalue weighted by Gasteiger charge is -2.07. The van der Waals surface area contributed by atoms with Crippen molar-refractivity contribution in [3.8, 4) is 0 Å². The largest absolute Gasteiger partial charge is 0.384 e. The molecule has 2 aromatic carbocycles. The van der Waals surface area contributed by atoms with Crippen molar-refractivity contribution in [2.45, 2.75) is 13.5 Å². The molecule has 0 atom stereocenters. The molecule has 1 amide bonds. The van der Waals surface area contributed by atoms with Gasteiger partial charge in [0.2, 0.25) is 5.91 Å². The zero-order chi connectivity index (χ0) is 14.2. The van der Waals surface area contributed by atoms with E-state index in [0.717, 1.165) is 11.4 Å². The summed E-state index contributed by atoms with van der Waals surface area (Å²) < 4.78 is 0. The van der Waals surface area contributed by atoms with Gasteiger partial charge in [-0.1, -0.05) is 48.5 Å². The van der Waals surface area contributed by atoms with Crippen molar-refractivity contribution in [1.82, 2.24) is 5.32 Å². The van der Waals surface area contributed by atoms with Crippen molar-refractivity contribution >= 4 is 11.6 Å². The predicted molar refractivity (Wildman–Crippen MR) is 82.1 cm³/mol. The van der Waals surface area contributed by atoms with Crippen LogP contribution in [0.15, 0.2) is 72.4 Å². The molecule has 0 aromatic heterocycles. The van der Waals surface area contributed by atoms with Gasteiger partial charge in [0.15, 0.2) is 0 Å². The summed E-state index contributed by atoms with van der Waals surface area (Å²) in [4.78, 5) is 11.8. The fourth-order valence-corrected chi connectivity index (χ4v) is 1.78. The predicted octanol–water partition coefficient (Wildman–Crippen LogP) is 3.32. The van der Waals surface area contributed by atoms with Crippen molar-refractivity contribution in [2.24, 2.45) is 0 Å². The zero-order valence-corrected chi connectivity index (χ0v) is 11.5. The van der Waals surface area contributed by atoms with Crippen LogP contribution in [0.1, 0.15) is 12.5 Å². The summed E-state index contributed by atoms with van der Waals surface area (Å²) in [6, 6.07) is 19.5. The Bertz CT molecular complexity index is 576. The maximum Gasteiger partial charge on any atom is 0.250 e. The maximum atomic E-state index is 11.8. The topological polar surface area (TPSA) is 41.1 Å². The average molecular weight is 266 g/mol. The van der Waals surface area contributed by atoms with Gasteiger partial charge in [0.25, 0.3) is 0 Å². The summed E-state index contributed by atoms with van der Waals surface area (Å²) in [6.45, 7) is 2.59. The smallest absolute Gasteiger partial charge is 0.250 e. The van der Waals surface area contributed by atoms with Crippen LogP contribution in [0.3, 0.4) is 0 Å². The minimum absolute atomic E-state index is 0.130. The van der Waals surface area contributed by atoms with E-state index in [1.807, 2.05) is 67.6 Å². The monoisotopic (exact) mass is 266 g/mol. The number of anilines is 1. The minimum atomic E-state index is -0.130. The molecule has 0 fully saturated rings. The molecule has 20 heavy (non-hydrogen) atoms. The summed E-state index contributed by atoms with van der Waals surface area (Å²) in [5.41, 5.74) is 2.82. The van der Waals surface area contributed by atoms with Gasteiger partial charge in [-0.2, -0.15) is 0 Å². The first-order valence-electron chi connectivity index (χ1n) is 6.56. The van der Waals surface area contributed by atoms with E-state index >= 15 is 0 Å². The highest BCUT2D eigenvalue weighted by Gasteiger charge is 1.99. The quantitative estimate of drug-likeness (QED) is 0.815. The number of amides is 1. The van der Waals surface area contributed by atoms with E-state index in [2.05, 4.69) is 10.6 Å². The van der Waals surface area contributed by atoms with Gasteiger partial charge in [0.05, 0.1) is 0 Å². The van der Waals surface area contributed by atoms with Gasteiger partial charge in [0, 0.05) is 24.0 Å². The number of rotatable bonds is 5. The second kappa shape index (κ2) is 7.14. The molecule has 102 valence electrons. The Labute approximate surface area is 119 Å². The van der Waals surface area contributed by atoms with Crippen LogP contribution in [0, 0.1) is 0 Å². The molecule has 0 saturated heterocycles. The Balaban J connectivity index is 1.85. The molecule has 0 heterocycles. The number of hydrogen-bond acceptors (Lipinski definition) is 2. The number of benzene rings is 2. The number of nitrogens with one attached hydrogen (secondary N) is 2. The van der Waals surface area contributed by atoms with Gasteiger partial charge in [-0.3, -0.25) is 4.79 Å². The maximum absolute atomic E-state index is 11.8. The van der Waals surface area contributed by atoms with E-state index in [-0.39, 0.29) is 5.91 Å².